The number of furan rings is 1. The van der Waals surface area contributed by atoms with Crippen molar-refractivity contribution >= 4 is 27.6 Å². The summed E-state index contributed by atoms with van der Waals surface area (Å²) in [4.78, 5) is 4.42. The minimum absolute atomic E-state index is 0.683. The van der Waals surface area contributed by atoms with E-state index >= 15 is 0 Å². The topological polar surface area (TPSA) is 38.1 Å². The molecular formula is C19H16N2O. The summed E-state index contributed by atoms with van der Waals surface area (Å²) in [6, 6.07) is 18.4. The first-order valence-corrected chi connectivity index (χ1v) is 7.37. The second kappa shape index (κ2) is 5.19. The van der Waals surface area contributed by atoms with Gasteiger partial charge in [-0.3, -0.25) is 4.98 Å². The van der Waals surface area contributed by atoms with Crippen LogP contribution in [0.3, 0.4) is 0 Å². The van der Waals surface area contributed by atoms with Crippen LogP contribution in [0.1, 0.15) is 11.3 Å². The molecule has 0 saturated carbocycles. The third-order valence-electron chi connectivity index (χ3n) is 3.97. The number of nitrogens with one attached hydrogen (secondary N) is 1. The van der Waals surface area contributed by atoms with E-state index in [-0.39, 0.29) is 0 Å². The summed E-state index contributed by atoms with van der Waals surface area (Å²) in [6.45, 7) is 2.76. The molecule has 0 radical (unpaired) electrons. The second-order valence-corrected chi connectivity index (χ2v) is 5.40. The predicted molar refractivity (Wildman–Crippen MR) is 90.0 cm³/mol. The first kappa shape index (κ1) is 12.9. The molecule has 0 saturated heterocycles. The van der Waals surface area contributed by atoms with E-state index < -0.39 is 0 Å². The third-order valence-corrected chi connectivity index (χ3v) is 3.97. The molecule has 0 unspecified atom stereocenters. The van der Waals surface area contributed by atoms with E-state index in [9.17, 15) is 0 Å². The Kier molecular flexibility index (Phi) is 3.04. The maximum Gasteiger partial charge on any atom is 0.158 e. The summed E-state index contributed by atoms with van der Waals surface area (Å²) in [7, 11) is 0. The van der Waals surface area contributed by atoms with Gasteiger partial charge in [-0.05, 0) is 30.7 Å². The Labute approximate surface area is 128 Å². The van der Waals surface area contributed by atoms with Gasteiger partial charge in [0.05, 0.1) is 17.9 Å². The van der Waals surface area contributed by atoms with Crippen LogP contribution in [0.5, 0.6) is 0 Å². The van der Waals surface area contributed by atoms with Crippen LogP contribution < -0.4 is 5.32 Å². The fourth-order valence-corrected chi connectivity index (χ4v) is 2.77. The highest BCUT2D eigenvalue weighted by Gasteiger charge is 2.10. The predicted octanol–water partition coefficient (Wildman–Crippen LogP) is 4.90. The van der Waals surface area contributed by atoms with Crippen molar-refractivity contribution in [1.29, 1.82) is 0 Å². The van der Waals surface area contributed by atoms with Gasteiger partial charge in [0.2, 0.25) is 0 Å². The lowest BCUT2D eigenvalue weighted by Gasteiger charge is -2.08. The third kappa shape index (κ3) is 2.11. The van der Waals surface area contributed by atoms with Gasteiger partial charge >= 0.3 is 0 Å². The molecule has 0 bridgehead atoms. The number of aryl methyl sites for hydroxylation is 1. The van der Waals surface area contributed by atoms with Crippen LogP contribution in [0.25, 0.3) is 21.9 Å². The lowest BCUT2D eigenvalue weighted by atomic mass is 10.1. The summed E-state index contributed by atoms with van der Waals surface area (Å²) < 4.78 is 6.02. The number of pyridine rings is 1. The van der Waals surface area contributed by atoms with E-state index in [1.54, 1.807) is 0 Å². The lowest BCUT2D eigenvalue weighted by molar-refractivity contribution is 0.669. The van der Waals surface area contributed by atoms with E-state index in [2.05, 4.69) is 41.5 Å². The maximum absolute atomic E-state index is 6.02. The Morgan fingerprint density at radius 3 is 2.73 bits per heavy atom. The van der Waals surface area contributed by atoms with Gasteiger partial charge in [-0.15, -0.1) is 0 Å². The van der Waals surface area contributed by atoms with E-state index in [1.807, 2.05) is 36.5 Å². The quantitative estimate of drug-likeness (QED) is 0.582. The SMILES string of the molecule is Cc1cccnc1CNc1cccc2c1oc1ccccc12. The molecule has 3 nitrogen and oxygen atoms in total. The van der Waals surface area contributed by atoms with Crippen LogP contribution in [0, 0.1) is 6.92 Å². The van der Waals surface area contributed by atoms with Gasteiger partial charge in [-0.25, -0.2) is 0 Å². The molecule has 0 spiro atoms. The zero-order chi connectivity index (χ0) is 14.9. The molecule has 0 fully saturated rings. The zero-order valence-corrected chi connectivity index (χ0v) is 12.3. The maximum atomic E-state index is 6.02. The normalized spacial score (nSPS) is 11.1. The highest BCUT2D eigenvalue weighted by atomic mass is 16.3. The number of anilines is 1. The van der Waals surface area contributed by atoms with Gasteiger partial charge in [0.15, 0.2) is 5.58 Å². The van der Waals surface area contributed by atoms with Gasteiger partial charge in [0.25, 0.3) is 0 Å². The molecule has 3 heteroatoms. The largest absolute Gasteiger partial charge is 0.454 e. The average molecular weight is 288 g/mol. The number of aromatic nitrogens is 1. The van der Waals surface area contributed by atoms with Crippen molar-refractivity contribution in [3.63, 3.8) is 0 Å². The van der Waals surface area contributed by atoms with E-state index in [1.165, 1.54) is 5.56 Å². The minimum Gasteiger partial charge on any atom is -0.454 e. The molecule has 0 atom stereocenters. The van der Waals surface area contributed by atoms with Crippen LogP contribution in [0.15, 0.2) is 65.2 Å². The Hall–Kier alpha value is -2.81. The average Bonchev–Trinajstić information content (AvgIpc) is 2.93. The second-order valence-electron chi connectivity index (χ2n) is 5.40. The number of hydrogen-bond donors (Lipinski definition) is 1. The molecule has 108 valence electrons. The van der Waals surface area contributed by atoms with Gasteiger partial charge < -0.3 is 9.73 Å². The highest BCUT2D eigenvalue weighted by Crippen LogP contribution is 2.33. The van der Waals surface area contributed by atoms with Crippen molar-refractivity contribution in [2.24, 2.45) is 0 Å². The van der Waals surface area contributed by atoms with Gasteiger partial charge in [-0.2, -0.15) is 0 Å². The summed E-state index contributed by atoms with van der Waals surface area (Å²) in [6.07, 6.45) is 1.83. The molecular weight excluding hydrogens is 272 g/mol. The molecule has 4 rings (SSSR count). The molecule has 0 amide bonds. The number of fused-ring (bicyclic) bond motifs is 3. The summed E-state index contributed by atoms with van der Waals surface area (Å²) in [5, 5.41) is 5.74. The van der Waals surface area contributed by atoms with Crippen molar-refractivity contribution in [1.82, 2.24) is 4.98 Å². The zero-order valence-electron chi connectivity index (χ0n) is 12.3. The molecule has 0 aliphatic rings. The van der Waals surface area contributed by atoms with Crippen LogP contribution in [-0.4, -0.2) is 4.98 Å². The molecule has 4 aromatic rings. The Morgan fingerprint density at radius 1 is 0.955 bits per heavy atom. The van der Waals surface area contributed by atoms with Gasteiger partial charge in [-0.1, -0.05) is 36.4 Å². The molecule has 1 N–H and O–H groups in total. The Balaban J connectivity index is 1.74. The monoisotopic (exact) mass is 288 g/mol. The molecule has 2 heterocycles. The van der Waals surface area contributed by atoms with Gasteiger partial charge in [0.1, 0.15) is 5.58 Å². The Bertz CT molecular complexity index is 956. The smallest absolute Gasteiger partial charge is 0.158 e. The molecule has 2 aromatic carbocycles. The van der Waals surface area contributed by atoms with Crippen LogP contribution in [0.2, 0.25) is 0 Å². The summed E-state index contributed by atoms with van der Waals surface area (Å²) >= 11 is 0. The van der Waals surface area contributed by atoms with Crippen molar-refractivity contribution in [3.05, 3.63) is 72.1 Å². The first-order valence-electron chi connectivity index (χ1n) is 7.37. The van der Waals surface area contributed by atoms with Crippen molar-refractivity contribution in [3.8, 4) is 0 Å². The van der Waals surface area contributed by atoms with Crippen LogP contribution in [0.4, 0.5) is 5.69 Å². The molecule has 2 aromatic heterocycles. The van der Waals surface area contributed by atoms with Crippen molar-refractivity contribution in [2.45, 2.75) is 13.5 Å². The fraction of sp³-hybridized carbons (Fsp3) is 0.105. The number of rotatable bonds is 3. The standard InChI is InChI=1S/C19H16N2O/c1-13-6-5-11-20-17(13)12-21-16-9-4-8-15-14-7-2-3-10-18(14)22-19(15)16/h2-11,21H,12H2,1H3. The van der Waals surface area contributed by atoms with Crippen LogP contribution >= 0.6 is 0 Å². The lowest BCUT2D eigenvalue weighted by Crippen LogP contribution is -2.03. The van der Waals surface area contributed by atoms with Crippen molar-refractivity contribution in [2.75, 3.05) is 5.32 Å². The number of para-hydroxylation sites is 2. The van der Waals surface area contributed by atoms with E-state index in [0.29, 0.717) is 6.54 Å². The molecule has 22 heavy (non-hydrogen) atoms. The van der Waals surface area contributed by atoms with E-state index in [4.69, 9.17) is 4.42 Å². The van der Waals surface area contributed by atoms with Gasteiger partial charge in [0, 0.05) is 17.0 Å². The Morgan fingerprint density at radius 2 is 1.82 bits per heavy atom. The van der Waals surface area contributed by atoms with E-state index in [0.717, 1.165) is 33.3 Å². The van der Waals surface area contributed by atoms with Crippen molar-refractivity contribution < 1.29 is 4.42 Å². The summed E-state index contributed by atoms with van der Waals surface area (Å²) in [5.74, 6) is 0. The molecule has 0 aliphatic carbocycles. The fourth-order valence-electron chi connectivity index (χ4n) is 2.77. The first-order chi connectivity index (χ1) is 10.8. The highest BCUT2D eigenvalue weighted by molar-refractivity contribution is 6.08. The van der Waals surface area contributed by atoms with Crippen LogP contribution in [-0.2, 0) is 6.54 Å². The molecule has 0 aliphatic heterocycles. The number of hydrogen-bond acceptors (Lipinski definition) is 3. The minimum atomic E-state index is 0.683. The summed E-state index contributed by atoms with van der Waals surface area (Å²) in [5.41, 5.74) is 5.05. The number of nitrogens with zero attached hydrogens (tertiary/aromatic N) is 1. The number of benzene rings is 2.